The molecule has 2 atom stereocenters. The fourth-order valence-electron chi connectivity index (χ4n) is 1.14. The fourth-order valence-corrected chi connectivity index (χ4v) is 2.15. The average Bonchev–Trinajstić information content (AvgIpc) is 2.10. The van der Waals surface area contributed by atoms with Crippen molar-refractivity contribution in [1.29, 1.82) is 0 Å². The van der Waals surface area contributed by atoms with Crippen LogP contribution in [0.2, 0.25) is 19.6 Å². The lowest BCUT2D eigenvalue weighted by Crippen LogP contribution is -2.29. The first-order chi connectivity index (χ1) is 6.31. The third-order valence-electron chi connectivity index (χ3n) is 1.91. The maximum absolute atomic E-state index is 9.60. The van der Waals surface area contributed by atoms with E-state index < -0.39 is 14.4 Å². The van der Waals surface area contributed by atoms with E-state index in [1.165, 1.54) is 0 Å². The maximum Gasteiger partial charge on any atom is 0.241 e. The summed E-state index contributed by atoms with van der Waals surface area (Å²) in [5, 5.41) is 9.60. The molecule has 2 nitrogen and oxygen atoms in total. The van der Waals surface area contributed by atoms with E-state index in [4.69, 9.17) is 4.43 Å². The van der Waals surface area contributed by atoms with Crippen LogP contribution in [0.25, 0.3) is 0 Å². The zero-order valence-electron chi connectivity index (χ0n) is 9.87. The standard InChI is InChI=1S/C11H22O2Si/c1-7-10(12)9(3)11(8-2)13-14(4,5)6/h7-10,12H,1H2,2-6H3/b11-8+/t9-,10-/m1/s1. The van der Waals surface area contributed by atoms with Gasteiger partial charge in [0, 0.05) is 5.92 Å². The second-order valence-electron chi connectivity index (χ2n) is 4.42. The van der Waals surface area contributed by atoms with Crippen LogP contribution in [0.4, 0.5) is 0 Å². The molecule has 0 aromatic rings. The first-order valence-electron chi connectivity index (χ1n) is 4.97. The van der Waals surface area contributed by atoms with Crippen molar-refractivity contribution < 1.29 is 9.53 Å². The third kappa shape index (κ3) is 4.63. The van der Waals surface area contributed by atoms with Gasteiger partial charge in [0.05, 0.1) is 11.9 Å². The Labute approximate surface area is 88.4 Å². The molecule has 0 bridgehead atoms. The van der Waals surface area contributed by atoms with Gasteiger partial charge >= 0.3 is 0 Å². The summed E-state index contributed by atoms with van der Waals surface area (Å²) in [5.74, 6) is 0.862. The van der Waals surface area contributed by atoms with Crippen LogP contribution in [0.5, 0.6) is 0 Å². The van der Waals surface area contributed by atoms with Gasteiger partial charge < -0.3 is 9.53 Å². The van der Waals surface area contributed by atoms with Crippen molar-refractivity contribution in [3.05, 3.63) is 24.5 Å². The normalized spacial score (nSPS) is 17.4. The van der Waals surface area contributed by atoms with Gasteiger partial charge in [0.15, 0.2) is 0 Å². The van der Waals surface area contributed by atoms with E-state index in [1.807, 2.05) is 19.9 Å². The first-order valence-corrected chi connectivity index (χ1v) is 8.38. The minimum atomic E-state index is -1.58. The highest BCUT2D eigenvalue weighted by Crippen LogP contribution is 2.21. The molecule has 14 heavy (non-hydrogen) atoms. The fraction of sp³-hybridized carbons (Fsp3) is 0.636. The monoisotopic (exact) mass is 214 g/mol. The second-order valence-corrected chi connectivity index (χ2v) is 8.85. The molecular weight excluding hydrogens is 192 g/mol. The summed E-state index contributed by atoms with van der Waals surface area (Å²) in [6, 6.07) is 0. The third-order valence-corrected chi connectivity index (χ3v) is 2.76. The van der Waals surface area contributed by atoms with Crippen LogP contribution in [-0.4, -0.2) is 19.5 Å². The summed E-state index contributed by atoms with van der Waals surface area (Å²) in [6.07, 6.45) is 2.94. The summed E-state index contributed by atoms with van der Waals surface area (Å²) in [6.45, 7) is 13.8. The molecule has 0 aromatic heterocycles. The van der Waals surface area contributed by atoms with E-state index in [2.05, 4.69) is 26.2 Å². The maximum atomic E-state index is 9.60. The molecule has 1 N–H and O–H groups in total. The van der Waals surface area contributed by atoms with E-state index in [0.29, 0.717) is 0 Å². The molecule has 0 aliphatic carbocycles. The molecule has 0 aliphatic rings. The minimum Gasteiger partial charge on any atom is -0.547 e. The number of allylic oxidation sites excluding steroid dienone is 1. The lowest BCUT2D eigenvalue weighted by Gasteiger charge is -2.27. The Morgan fingerprint density at radius 2 is 1.93 bits per heavy atom. The summed E-state index contributed by atoms with van der Waals surface area (Å²) in [7, 11) is -1.58. The molecule has 0 aliphatic heterocycles. The van der Waals surface area contributed by atoms with Crippen LogP contribution < -0.4 is 0 Å². The van der Waals surface area contributed by atoms with Gasteiger partial charge in [-0.25, -0.2) is 0 Å². The highest BCUT2D eigenvalue weighted by Gasteiger charge is 2.23. The van der Waals surface area contributed by atoms with Crippen molar-refractivity contribution in [3.63, 3.8) is 0 Å². The van der Waals surface area contributed by atoms with Crippen LogP contribution in [0.15, 0.2) is 24.5 Å². The molecule has 0 saturated carbocycles. The van der Waals surface area contributed by atoms with E-state index in [0.717, 1.165) is 5.76 Å². The van der Waals surface area contributed by atoms with Crippen LogP contribution in [0, 0.1) is 5.92 Å². The summed E-state index contributed by atoms with van der Waals surface area (Å²) in [4.78, 5) is 0. The predicted molar refractivity (Wildman–Crippen MR) is 63.6 cm³/mol. The van der Waals surface area contributed by atoms with E-state index in [9.17, 15) is 5.11 Å². The van der Waals surface area contributed by atoms with Gasteiger partial charge in [-0.3, -0.25) is 0 Å². The van der Waals surface area contributed by atoms with Gasteiger partial charge in [-0.1, -0.05) is 19.1 Å². The van der Waals surface area contributed by atoms with Gasteiger partial charge in [-0.2, -0.15) is 0 Å². The second kappa shape index (κ2) is 5.37. The van der Waals surface area contributed by atoms with Crippen molar-refractivity contribution in [2.45, 2.75) is 39.6 Å². The predicted octanol–water partition coefficient (Wildman–Crippen LogP) is 2.92. The highest BCUT2D eigenvalue weighted by atomic mass is 28.4. The summed E-state index contributed by atoms with van der Waals surface area (Å²) >= 11 is 0. The first kappa shape index (κ1) is 13.5. The highest BCUT2D eigenvalue weighted by molar-refractivity contribution is 6.70. The van der Waals surface area contributed by atoms with Crippen molar-refractivity contribution in [2.75, 3.05) is 0 Å². The van der Waals surface area contributed by atoms with Crippen LogP contribution in [0.3, 0.4) is 0 Å². The topological polar surface area (TPSA) is 29.5 Å². The molecule has 0 saturated heterocycles. The molecular formula is C11H22O2Si. The molecule has 0 spiro atoms. The van der Waals surface area contributed by atoms with E-state index in [-0.39, 0.29) is 5.92 Å². The molecule has 0 amide bonds. The largest absolute Gasteiger partial charge is 0.547 e. The van der Waals surface area contributed by atoms with E-state index in [1.54, 1.807) is 6.08 Å². The van der Waals surface area contributed by atoms with Gasteiger partial charge in [0.2, 0.25) is 8.32 Å². The van der Waals surface area contributed by atoms with Crippen molar-refractivity contribution in [3.8, 4) is 0 Å². The minimum absolute atomic E-state index is 0.00998. The number of hydrogen-bond acceptors (Lipinski definition) is 2. The molecule has 0 fully saturated rings. The van der Waals surface area contributed by atoms with Gasteiger partial charge in [-0.05, 0) is 26.6 Å². The number of rotatable bonds is 5. The summed E-state index contributed by atoms with van der Waals surface area (Å²) < 4.78 is 5.86. The SMILES string of the molecule is C=C[C@@H](O)[C@@H](C)/C(=C\C)O[Si](C)(C)C. The van der Waals surface area contributed by atoms with Gasteiger partial charge in [0.1, 0.15) is 0 Å². The summed E-state index contributed by atoms with van der Waals surface area (Å²) in [5.41, 5.74) is 0. The lowest BCUT2D eigenvalue weighted by molar-refractivity contribution is 0.154. The van der Waals surface area contributed by atoms with Gasteiger partial charge in [-0.15, -0.1) is 6.58 Å². The molecule has 0 heterocycles. The molecule has 82 valence electrons. The van der Waals surface area contributed by atoms with Crippen LogP contribution in [0.1, 0.15) is 13.8 Å². The Hall–Kier alpha value is -0.543. The van der Waals surface area contributed by atoms with E-state index >= 15 is 0 Å². The van der Waals surface area contributed by atoms with Crippen LogP contribution >= 0.6 is 0 Å². The molecule has 0 rings (SSSR count). The lowest BCUT2D eigenvalue weighted by atomic mass is 10.0. The molecule has 3 heteroatoms. The van der Waals surface area contributed by atoms with Crippen molar-refractivity contribution >= 4 is 8.32 Å². The van der Waals surface area contributed by atoms with Crippen LogP contribution in [-0.2, 0) is 4.43 Å². The Morgan fingerprint density at radius 1 is 1.43 bits per heavy atom. The molecule has 0 aromatic carbocycles. The Bertz CT molecular complexity index is 216. The number of aliphatic hydroxyl groups excluding tert-OH is 1. The quantitative estimate of drug-likeness (QED) is 0.433. The Kier molecular flexibility index (Phi) is 5.16. The van der Waals surface area contributed by atoms with Crippen molar-refractivity contribution in [2.24, 2.45) is 5.92 Å². The van der Waals surface area contributed by atoms with Gasteiger partial charge in [0.25, 0.3) is 0 Å². The zero-order chi connectivity index (χ0) is 11.4. The zero-order valence-corrected chi connectivity index (χ0v) is 10.9. The number of aliphatic hydroxyl groups is 1. The smallest absolute Gasteiger partial charge is 0.241 e. The number of hydrogen-bond donors (Lipinski definition) is 1. The average molecular weight is 214 g/mol. The Balaban J connectivity index is 4.51. The Morgan fingerprint density at radius 3 is 2.21 bits per heavy atom. The molecule has 0 unspecified atom stereocenters. The van der Waals surface area contributed by atoms with Crippen molar-refractivity contribution in [1.82, 2.24) is 0 Å². The molecule has 0 radical (unpaired) electrons.